The van der Waals surface area contributed by atoms with Crippen LogP contribution in [0.3, 0.4) is 0 Å². The third-order valence-corrected chi connectivity index (χ3v) is 5.19. The summed E-state index contributed by atoms with van der Waals surface area (Å²) in [6.07, 6.45) is 8.62. The first-order chi connectivity index (χ1) is 14.1. The number of aromatic nitrogens is 3. The van der Waals surface area contributed by atoms with Gasteiger partial charge in [0.25, 0.3) is 5.91 Å². The van der Waals surface area contributed by atoms with E-state index in [1.807, 2.05) is 19.2 Å². The molecule has 1 fully saturated rings. The molecule has 154 valence electrons. The lowest BCUT2D eigenvalue weighted by Gasteiger charge is -2.25. The van der Waals surface area contributed by atoms with Gasteiger partial charge >= 0.3 is 6.01 Å². The van der Waals surface area contributed by atoms with E-state index in [0.717, 1.165) is 18.4 Å². The van der Waals surface area contributed by atoms with E-state index in [1.54, 1.807) is 12.4 Å². The Balaban J connectivity index is 1.42. The highest BCUT2D eigenvalue weighted by Crippen LogP contribution is 2.24. The lowest BCUT2D eigenvalue weighted by Crippen LogP contribution is -2.42. The van der Waals surface area contributed by atoms with Crippen LogP contribution in [-0.2, 0) is 11.3 Å². The van der Waals surface area contributed by atoms with Crippen molar-refractivity contribution in [2.24, 2.45) is 0 Å². The van der Waals surface area contributed by atoms with Gasteiger partial charge in [0.1, 0.15) is 0 Å². The van der Waals surface area contributed by atoms with Crippen molar-refractivity contribution in [1.82, 2.24) is 30.5 Å². The fourth-order valence-electron chi connectivity index (χ4n) is 3.42. The van der Waals surface area contributed by atoms with Crippen molar-refractivity contribution in [1.29, 1.82) is 0 Å². The molecule has 2 aromatic heterocycles. The van der Waals surface area contributed by atoms with Gasteiger partial charge in [0.05, 0.1) is 12.7 Å². The maximum atomic E-state index is 12.3. The number of carbonyl (C=O) groups is 2. The second-order valence-corrected chi connectivity index (χ2v) is 7.06. The molecular weight excluding hydrogens is 372 g/mol. The Kier molecular flexibility index (Phi) is 7.07. The van der Waals surface area contributed by atoms with Gasteiger partial charge in [-0.3, -0.25) is 19.5 Å². The molecule has 0 aromatic carbocycles. The van der Waals surface area contributed by atoms with E-state index in [0.29, 0.717) is 25.1 Å². The molecule has 9 nitrogen and oxygen atoms in total. The molecule has 3 heterocycles. The molecule has 1 saturated heterocycles. The van der Waals surface area contributed by atoms with Crippen LogP contribution in [0.1, 0.15) is 35.2 Å². The SMILES string of the molecule is COc1ncc(C(=O)NC[C@@H]2CC[C@H](CC(=O)NCc3cccnc3)N2C)cn1. The molecule has 0 aliphatic carbocycles. The number of amides is 2. The second kappa shape index (κ2) is 9.92. The van der Waals surface area contributed by atoms with Crippen molar-refractivity contribution >= 4 is 11.8 Å². The van der Waals surface area contributed by atoms with Gasteiger partial charge in [-0.05, 0) is 31.5 Å². The number of hydrogen-bond acceptors (Lipinski definition) is 7. The summed E-state index contributed by atoms with van der Waals surface area (Å²) in [4.78, 5) is 38.7. The smallest absolute Gasteiger partial charge is 0.316 e. The molecule has 0 unspecified atom stereocenters. The summed E-state index contributed by atoms with van der Waals surface area (Å²) in [5, 5.41) is 5.86. The van der Waals surface area contributed by atoms with Crippen LogP contribution < -0.4 is 15.4 Å². The number of hydrogen-bond donors (Lipinski definition) is 2. The highest BCUT2D eigenvalue weighted by Gasteiger charge is 2.31. The lowest BCUT2D eigenvalue weighted by molar-refractivity contribution is -0.122. The Labute approximate surface area is 169 Å². The van der Waals surface area contributed by atoms with Crippen LogP contribution in [0.2, 0.25) is 0 Å². The van der Waals surface area contributed by atoms with Crippen LogP contribution in [0, 0.1) is 0 Å². The quantitative estimate of drug-likeness (QED) is 0.676. The zero-order chi connectivity index (χ0) is 20.6. The summed E-state index contributed by atoms with van der Waals surface area (Å²) < 4.78 is 4.89. The maximum Gasteiger partial charge on any atom is 0.316 e. The van der Waals surface area contributed by atoms with Gasteiger partial charge in [-0.1, -0.05) is 6.07 Å². The molecule has 2 N–H and O–H groups in total. The molecule has 1 aliphatic heterocycles. The molecule has 1 aliphatic rings. The van der Waals surface area contributed by atoms with Crippen molar-refractivity contribution in [2.45, 2.75) is 37.9 Å². The first-order valence-corrected chi connectivity index (χ1v) is 9.58. The first-order valence-electron chi connectivity index (χ1n) is 9.58. The van der Waals surface area contributed by atoms with Gasteiger partial charge in [-0.25, -0.2) is 9.97 Å². The Bertz CT molecular complexity index is 815. The molecule has 29 heavy (non-hydrogen) atoms. The molecular formula is C20H26N6O3. The highest BCUT2D eigenvalue weighted by atomic mass is 16.5. The van der Waals surface area contributed by atoms with Gasteiger partial charge in [0, 0.05) is 56.4 Å². The Morgan fingerprint density at radius 3 is 2.62 bits per heavy atom. The van der Waals surface area contributed by atoms with E-state index in [2.05, 4.69) is 30.5 Å². The standard InChI is InChI=1S/C20H26N6O3/c1-26-16(8-18(27)22-10-14-4-3-7-21-9-14)5-6-17(26)13-23-19(28)15-11-24-20(29-2)25-12-15/h3-4,7,9,11-12,16-17H,5-6,8,10,13H2,1-2H3,(H,22,27)(H,23,28)/t16-,17+/m1/s1. The molecule has 0 saturated carbocycles. The van der Waals surface area contributed by atoms with Crippen molar-refractivity contribution in [3.05, 3.63) is 48.0 Å². The van der Waals surface area contributed by atoms with E-state index in [4.69, 9.17) is 4.74 Å². The minimum atomic E-state index is -0.223. The van der Waals surface area contributed by atoms with Crippen LogP contribution in [-0.4, -0.2) is 64.5 Å². The minimum absolute atomic E-state index is 0.0192. The number of methoxy groups -OCH3 is 1. The fraction of sp³-hybridized carbons (Fsp3) is 0.450. The number of pyridine rings is 1. The van der Waals surface area contributed by atoms with E-state index >= 15 is 0 Å². The number of carbonyl (C=O) groups excluding carboxylic acids is 2. The van der Waals surface area contributed by atoms with Gasteiger partial charge in [0.2, 0.25) is 5.91 Å². The second-order valence-electron chi connectivity index (χ2n) is 7.06. The summed E-state index contributed by atoms with van der Waals surface area (Å²) in [6.45, 7) is 0.988. The molecule has 0 bridgehead atoms. The number of nitrogens with zero attached hydrogens (tertiary/aromatic N) is 4. The van der Waals surface area contributed by atoms with E-state index in [9.17, 15) is 9.59 Å². The lowest BCUT2D eigenvalue weighted by atomic mass is 10.1. The van der Waals surface area contributed by atoms with Crippen LogP contribution >= 0.6 is 0 Å². The van der Waals surface area contributed by atoms with Crippen molar-refractivity contribution < 1.29 is 14.3 Å². The third-order valence-electron chi connectivity index (χ3n) is 5.19. The predicted octanol–water partition coefficient (Wildman–Crippen LogP) is 0.779. The first kappa shape index (κ1) is 20.7. The fourth-order valence-corrected chi connectivity index (χ4v) is 3.42. The maximum absolute atomic E-state index is 12.3. The van der Waals surface area contributed by atoms with Crippen molar-refractivity contribution in [3.8, 4) is 6.01 Å². The van der Waals surface area contributed by atoms with Crippen molar-refractivity contribution in [2.75, 3.05) is 20.7 Å². The van der Waals surface area contributed by atoms with Crippen LogP contribution in [0.25, 0.3) is 0 Å². The predicted molar refractivity (Wildman–Crippen MR) is 106 cm³/mol. The minimum Gasteiger partial charge on any atom is -0.467 e. The van der Waals surface area contributed by atoms with Crippen LogP contribution in [0.4, 0.5) is 0 Å². The van der Waals surface area contributed by atoms with E-state index < -0.39 is 0 Å². The number of likely N-dealkylation sites (tertiary alicyclic amines) is 1. The normalized spacial score (nSPS) is 19.0. The average Bonchev–Trinajstić information content (AvgIpc) is 3.10. The number of rotatable bonds is 8. The summed E-state index contributed by atoms with van der Waals surface area (Å²) in [5.74, 6) is -0.204. The van der Waals surface area contributed by atoms with Crippen LogP contribution in [0.15, 0.2) is 36.9 Å². The van der Waals surface area contributed by atoms with Gasteiger partial charge in [-0.15, -0.1) is 0 Å². The zero-order valence-electron chi connectivity index (χ0n) is 16.7. The summed E-state index contributed by atoms with van der Waals surface area (Å²) in [6, 6.07) is 4.36. The van der Waals surface area contributed by atoms with E-state index in [1.165, 1.54) is 19.5 Å². The molecule has 2 atom stereocenters. The number of ether oxygens (including phenoxy) is 1. The summed E-state index contributed by atoms with van der Waals surface area (Å²) >= 11 is 0. The average molecular weight is 398 g/mol. The summed E-state index contributed by atoms with van der Waals surface area (Å²) in [7, 11) is 3.47. The van der Waals surface area contributed by atoms with Crippen LogP contribution in [0.5, 0.6) is 6.01 Å². The molecule has 0 radical (unpaired) electrons. The number of nitrogens with one attached hydrogen (secondary N) is 2. The molecule has 2 aromatic rings. The molecule has 2 amide bonds. The highest BCUT2D eigenvalue weighted by molar-refractivity contribution is 5.93. The molecule has 9 heteroatoms. The summed E-state index contributed by atoms with van der Waals surface area (Å²) in [5.41, 5.74) is 1.36. The number of likely N-dealkylation sites (N-methyl/N-ethyl adjacent to an activating group) is 1. The topological polar surface area (TPSA) is 109 Å². The van der Waals surface area contributed by atoms with Crippen molar-refractivity contribution in [3.63, 3.8) is 0 Å². The van der Waals surface area contributed by atoms with Gasteiger partial charge in [-0.2, -0.15) is 0 Å². The van der Waals surface area contributed by atoms with E-state index in [-0.39, 0.29) is 29.9 Å². The Morgan fingerprint density at radius 2 is 1.93 bits per heavy atom. The molecule has 0 spiro atoms. The Morgan fingerprint density at radius 1 is 1.17 bits per heavy atom. The third kappa shape index (κ3) is 5.71. The zero-order valence-corrected chi connectivity index (χ0v) is 16.7. The molecule has 3 rings (SSSR count). The van der Waals surface area contributed by atoms with Gasteiger partial charge < -0.3 is 15.4 Å². The van der Waals surface area contributed by atoms with Gasteiger partial charge in [0.15, 0.2) is 0 Å². The Hall–Kier alpha value is -3.07. The largest absolute Gasteiger partial charge is 0.467 e. The monoisotopic (exact) mass is 398 g/mol.